The highest BCUT2D eigenvalue weighted by Gasteiger charge is 2.32. The van der Waals surface area contributed by atoms with Crippen LogP contribution in [-0.4, -0.2) is 4.92 Å². The molecule has 1 unspecified atom stereocenters. The van der Waals surface area contributed by atoms with Gasteiger partial charge in [0, 0.05) is 16.7 Å². The normalized spacial score (nSPS) is 13.2. The van der Waals surface area contributed by atoms with Crippen molar-refractivity contribution in [1.29, 1.82) is 5.26 Å². The van der Waals surface area contributed by atoms with Gasteiger partial charge in [-0.15, -0.1) is 0 Å². The van der Waals surface area contributed by atoms with Crippen LogP contribution in [0.4, 0.5) is 5.69 Å². The third-order valence-electron chi connectivity index (χ3n) is 3.67. The molecule has 0 saturated carbocycles. The first-order chi connectivity index (χ1) is 10.3. The van der Waals surface area contributed by atoms with Gasteiger partial charge in [0.05, 0.1) is 16.0 Å². The molecule has 112 valence electrons. The van der Waals surface area contributed by atoms with E-state index in [-0.39, 0.29) is 10.7 Å². The van der Waals surface area contributed by atoms with Gasteiger partial charge in [-0.1, -0.05) is 35.3 Å². The van der Waals surface area contributed by atoms with E-state index in [0.717, 1.165) is 5.56 Å². The summed E-state index contributed by atoms with van der Waals surface area (Å²) in [5.41, 5.74) is 0.614. The molecule has 0 saturated heterocycles. The van der Waals surface area contributed by atoms with Crippen molar-refractivity contribution in [3.8, 4) is 6.07 Å². The van der Waals surface area contributed by atoms with Crippen molar-refractivity contribution in [3.63, 3.8) is 0 Å². The Morgan fingerprint density at radius 3 is 2.32 bits per heavy atom. The minimum atomic E-state index is -1.03. The van der Waals surface area contributed by atoms with E-state index < -0.39 is 10.3 Å². The Morgan fingerprint density at radius 2 is 1.82 bits per heavy atom. The second-order valence-corrected chi connectivity index (χ2v) is 5.96. The van der Waals surface area contributed by atoms with E-state index >= 15 is 0 Å². The minimum Gasteiger partial charge on any atom is -0.258 e. The van der Waals surface area contributed by atoms with Gasteiger partial charge in [-0.05, 0) is 43.2 Å². The lowest BCUT2D eigenvalue weighted by Gasteiger charge is -2.24. The number of hydrogen-bond acceptors (Lipinski definition) is 3. The zero-order valence-corrected chi connectivity index (χ0v) is 13.4. The molecule has 2 aromatic rings. The third kappa shape index (κ3) is 2.78. The van der Waals surface area contributed by atoms with Gasteiger partial charge in [-0.3, -0.25) is 10.1 Å². The molecule has 0 aliphatic carbocycles. The van der Waals surface area contributed by atoms with Crippen molar-refractivity contribution in [3.05, 3.63) is 73.2 Å². The Bertz CT molecular complexity index is 782. The molecule has 0 N–H and O–H groups in total. The third-order valence-corrected chi connectivity index (χ3v) is 4.23. The van der Waals surface area contributed by atoms with Gasteiger partial charge in [0.2, 0.25) is 0 Å². The summed E-state index contributed by atoms with van der Waals surface area (Å²) in [6, 6.07) is 12.0. The summed E-state index contributed by atoms with van der Waals surface area (Å²) in [6.07, 6.45) is 0. The average molecular weight is 335 g/mol. The van der Waals surface area contributed by atoms with Gasteiger partial charge in [-0.2, -0.15) is 5.26 Å². The number of nitriles is 1. The average Bonchev–Trinajstić information content (AvgIpc) is 2.48. The highest BCUT2D eigenvalue weighted by molar-refractivity contribution is 6.32. The van der Waals surface area contributed by atoms with E-state index in [1.165, 1.54) is 6.07 Å². The lowest BCUT2D eigenvalue weighted by molar-refractivity contribution is -0.385. The molecule has 0 radical (unpaired) electrons. The van der Waals surface area contributed by atoms with Crippen molar-refractivity contribution in [2.24, 2.45) is 0 Å². The Hall–Kier alpha value is -2.09. The molecular weight excluding hydrogens is 323 g/mol. The van der Waals surface area contributed by atoms with Gasteiger partial charge in [0.25, 0.3) is 5.69 Å². The zero-order valence-electron chi connectivity index (χ0n) is 11.9. The molecule has 0 heterocycles. The van der Waals surface area contributed by atoms with E-state index in [2.05, 4.69) is 6.07 Å². The van der Waals surface area contributed by atoms with Gasteiger partial charge in [-0.25, -0.2) is 0 Å². The molecule has 2 aromatic carbocycles. The zero-order chi connectivity index (χ0) is 16.5. The van der Waals surface area contributed by atoms with Crippen LogP contribution in [0.15, 0.2) is 36.4 Å². The topological polar surface area (TPSA) is 66.9 Å². The van der Waals surface area contributed by atoms with Gasteiger partial charge in [0.15, 0.2) is 0 Å². The van der Waals surface area contributed by atoms with Crippen LogP contribution in [0, 0.1) is 28.4 Å². The molecule has 2 rings (SSSR count). The molecule has 0 aliphatic rings. The standard InChI is InChI=1S/C16H12Cl2N2O2/c1-10-7-13(14(18)8-15(10)20(21)22)16(2,9-19)11-3-5-12(17)6-4-11/h3-8H,1-2H3. The summed E-state index contributed by atoms with van der Waals surface area (Å²) >= 11 is 12.1. The molecule has 0 bridgehead atoms. The fraction of sp³-hybridized carbons (Fsp3) is 0.188. The molecule has 0 fully saturated rings. The Labute approximate surface area is 138 Å². The van der Waals surface area contributed by atoms with Crippen LogP contribution in [0.2, 0.25) is 10.0 Å². The summed E-state index contributed by atoms with van der Waals surface area (Å²) in [4.78, 5) is 10.5. The van der Waals surface area contributed by atoms with E-state index in [9.17, 15) is 15.4 Å². The maximum atomic E-state index is 11.0. The van der Waals surface area contributed by atoms with Crippen molar-refractivity contribution in [2.45, 2.75) is 19.3 Å². The fourth-order valence-electron chi connectivity index (χ4n) is 2.31. The number of rotatable bonds is 3. The van der Waals surface area contributed by atoms with Crippen LogP contribution in [0.1, 0.15) is 23.6 Å². The van der Waals surface area contributed by atoms with E-state index in [1.807, 2.05) is 0 Å². The monoisotopic (exact) mass is 334 g/mol. The largest absolute Gasteiger partial charge is 0.273 e. The molecule has 1 atom stereocenters. The van der Waals surface area contributed by atoms with Crippen molar-refractivity contribution in [1.82, 2.24) is 0 Å². The van der Waals surface area contributed by atoms with Crippen LogP contribution in [0.25, 0.3) is 0 Å². The van der Waals surface area contributed by atoms with Gasteiger partial charge >= 0.3 is 0 Å². The quantitative estimate of drug-likeness (QED) is 0.583. The SMILES string of the molecule is Cc1cc(C(C)(C#N)c2ccc(Cl)cc2)c(Cl)cc1[N+](=O)[O-]. The number of benzene rings is 2. The first kappa shape index (κ1) is 16.3. The second-order valence-electron chi connectivity index (χ2n) is 5.12. The first-order valence-electron chi connectivity index (χ1n) is 6.42. The van der Waals surface area contributed by atoms with Crippen LogP contribution < -0.4 is 0 Å². The van der Waals surface area contributed by atoms with Gasteiger partial charge < -0.3 is 0 Å². The maximum Gasteiger partial charge on any atom is 0.273 e. The molecule has 0 aliphatic heterocycles. The fourth-order valence-corrected chi connectivity index (χ4v) is 2.79. The summed E-state index contributed by atoms with van der Waals surface area (Å²) < 4.78 is 0. The lowest BCUT2D eigenvalue weighted by Crippen LogP contribution is -2.22. The van der Waals surface area contributed by atoms with Crippen molar-refractivity contribution >= 4 is 28.9 Å². The van der Waals surface area contributed by atoms with Crippen LogP contribution in [0.5, 0.6) is 0 Å². The first-order valence-corrected chi connectivity index (χ1v) is 7.17. The van der Waals surface area contributed by atoms with Crippen LogP contribution >= 0.6 is 23.2 Å². The number of halogens is 2. The summed E-state index contributed by atoms with van der Waals surface area (Å²) in [7, 11) is 0. The van der Waals surface area contributed by atoms with Crippen molar-refractivity contribution < 1.29 is 4.92 Å². The maximum absolute atomic E-state index is 11.0. The van der Waals surface area contributed by atoms with E-state index in [4.69, 9.17) is 23.2 Å². The predicted octanol–water partition coefficient (Wildman–Crippen LogP) is 5.04. The van der Waals surface area contributed by atoms with Gasteiger partial charge in [0.1, 0.15) is 5.41 Å². The Balaban J connectivity index is 2.66. The van der Waals surface area contributed by atoms with Crippen LogP contribution in [-0.2, 0) is 5.41 Å². The number of nitro benzene ring substituents is 1. The van der Waals surface area contributed by atoms with E-state index in [0.29, 0.717) is 16.1 Å². The molecule has 6 heteroatoms. The molecule has 4 nitrogen and oxygen atoms in total. The van der Waals surface area contributed by atoms with Crippen molar-refractivity contribution in [2.75, 3.05) is 0 Å². The molecule has 22 heavy (non-hydrogen) atoms. The molecular formula is C16H12Cl2N2O2. The predicted molar refractivity (Wildman–Crippen MR) is 86.4 cm³/mol. The van der Waals surface area contributed by atoms with E-state index in [1.54, 1.807) is 44.2 Å². The summed E-state index contributed by atoms with van der Waals surface area (Å²) in [6.45, 7) is 3.35. The number of hydrogen-bond donors (Lipinski definition) is 0. The number of nitro groups is 1. The highest BCUT2D eigenvalue weighted by atomic mass is 35.5. The Kier molecular flexibility index (Phi) is 4.41. The number of aryl methyl sites for hydroxylation is 1. The Morgan fingerprint density at radius 1 is 1.23 bits per heavy atom. The summed E-state index contributed by atoms with van der Waals surface area (Å²) in [5, 5.41) is 21.4. The minimum absolute atomic E-state index is 0.0647. The summed E-state index contributed by atoms with van der Waals surface area (Å²) in [5.74, 6) is 0. The lowest BCUT2D eigenvalue weighted by atomic mass is 9.77. The van der Waals surface area contributed by atoms with Crippen LogP contribution in [0.3, 0.4) is 0 Å². The highest BCUT2D eigenvalue weighted by Crippen LogP contribution is 2.39. The molecule has 0 spiro atoms. The molecule has 0 aromatic heterocycles. The molecule has 0 amide bonds. The second kappa shape index (κ2) is 5.96. The smallest absolute Gasteiger partial charge is 0.258 e. The number of nitrogens with zero attached hydrogens (tertiary/aromatic N) is 2.